The lowest BCUT2D eigenvalue weighted by Gasteiger charge is -2.16. The predicted molar refractivity (Wildman–Crippen MR) is 91.5 cm³/mol. The maximum absolute atomic E-state index is 13.9. The van der Waals surface area contributed by atoms with Crippen LogP contribution in [0.25, 0.3) is 16.4 Å². The van der Waals surface area contributed by atoms with Gasteiger partial charge in [0.05, 0.1) is 0 Å². The lowest BCUT2D eigenvalue weighted by molar-refractivity contribution is -0.143. The van der Waals surface area contributed by atoms with Gasteiger partial charge in [-0.25, -0.2) is 9.18 Å². The van der Waals surface area contributed by atoms with Crippen LogP contribution >= 0.6 is 0 Å². The van der Waals surface area contributed by atoms with Gasteiger partial charge in [0.2, 0.25) is 11.7 Å². The van der Waals surface area contributed by atoms with Gasteiger partial charge in [-0.05, 0) is 24.1 Å². The number of Topliss-reactive ketones (excluding diaryl/α,β-unsaturated/α-hetero) is 1. The van der Waals surface area contributed by atoms with Crippen molar-refractivity contribution in [3.05, 3.63) is 41.3 Å². The minimum absolute atomic E-state index is 0.227. The van der Waals surface area contributed by atoms with Crippen LogP contribution in [0.4, 0.5) is 4.39 Å². The molecule has 1 heterocycles. The molecular formula is C17H17FN4O5. The van der Waals surface area contributed by atoms with Crippen LogP contribution in [-0.2, 0) is 20.8 Å². The van der Waals surface area contributed by atoms with Gasteiger partial charge in [-0.15, -0.1) is 0 Å². The second kappa shape index (κ2) is 8.84. The van der Waals surface area contributed by atoms with Gasteiger partial charge < -0.3 is 26.0 Å². The minimum Gasteiger partial charge on any atom is -0.480 e. The zero-order valence-electron chi connectivity index (χ0n) is 14.1. The zero-order valence-corrected chi connectivity index (χ0v) is 14.1. The molecule has 27 heavy (non-hydrogen) atoms. The van der Waals surface area contributed by atoms with E-state index in [0.717, 1.165) is 0 Å². The van der Waals surface area contributed by atoms with Crippen molar-refractivity contribution in [1.29, 1.82) is 0 Å². The smallest absolute Gasteiger partial charge is 0.326 e. The van der Waals surface area contributed by atoms with E-state index in [2.05, 4.69) is 15.1 Å². The molecular weight excluding hydrogens is 359 g/mol. The van der Waals surface area contributed by atoms with E-state index >= 15 is 0 Å². The number of nitrogens with one attached hydrogen (secondary N) is 2. The molecule has 0 saturated carbocycles. The van der Waals surface area contributed by atoms with Gasteiger partial charge in [-0.1, -0.05) is 6.07 Å². The average Bonchev–Trinajstić information content (AvgIpc) is 3.02. The summed E-state index contributed by atoms with van der Waals surface area (Å²) in [6.45, 7) is 0. The zero-order chi connectivity index (χ0) is 20.0. The van der Waals surface area contributed by atoms with Gasteiger partial charge in [0.1, 0.15) is 18.0 Å². The Morgan fingerprint density at radius 3 is 2.78 bits per heavy atom. The topological polar surface area (TPSA) is 156 Å². The lowest BCUT2D eigenvalue weighted by atomic mass is 10.0. The molecule has 9 nitrogen and oxygen atoms in total. The molecule has 0 spiro atoms. The van der Waals surface area contributed by atoms with Crippen LogP contribution in [0.5, 0.6) is 0 Å². The highest BCUT2D eigenvalue weighted by Gasteiger charge is 2.26. The van der Waals surface area contributed by atoms with Crippen LogP contribution in [0.2, 0.25) is 0 Å². The molecule has 1 amide bonds. The monoisotopic (exact) mass is 376 g/mol. The van der Waals surface area contributed by atoms with Crippen LogP contribution in [0.15, 0.2) is 24.4 Å². The number of benzene rings is 1. The third-order valence-electron chi connectivity index (χ3n) is 3.95. The number of aliphatic hydroxyl groups is 1. The Kier molecular flexibility index (Phi) is 6.53. The summed E-state index contributed by atoms with van der Waals surface area (Å²) in [5.74, 6) is -3.48. The number of carboxylic acids is 1. The molecule has 4 N–H and O–H groups in total. The third-order valence-corrected chi connectivity index (χ3v) is 3.95. The Morgan fingerprint density at radius 1 is 1.37 bits per heavy atom. The molecule has 0 aliphatic carbocycles. The number of rotatable bonds is 9. The number of nitrogens with zero attached hydrogens (tertiary/aromatic N) is 2. The number of H-pyrrole nitrogens is 1. The van der Waals surface area contributed by atoms with Crippen LogP contribution in [0.3, 0.4) is 0 Å². The summed E-state index contributed by atoms with van der Waals surface area (Å²) in [4.78, 5) is 39.9. The maximum atomic E-state index is 13.9. The fourth-order valence-corrected chi connectivity index (χ4v) is 2.61. The fourth-order valence-electron chi connectivity index (χ4n) is 2.61. The number of fused-ring (bicyclic) bond motifs is 1. The summed E-state index contributed by atoms with van der Waals surface area (Å²) in [6.07, 6.45) is -0.270. The van der Waals surface area contributed by atoms with Crippen molar-refractivity contribution in [2.75, 3.05) is 0 Å². The van der Waals surface area contributed by atoms with E-state index < -0.39 is 35.6 Å². The van der Waals surface area contributed by atoms with Crippen molar-refractivity contribution in [2.24, 2.45) is 0 Å². The van der Waals surface area contributed by atoms with Crippen molar-refractivity contribution >= 4 is 34.8 Å². The molecule has 0 bridgehead atoms. The highest BCUT2D eigenvalue weighted by molar-refractivity contribution is 6.25. The van der Waals surface area contributed by atoms with Crippen molar-refractivity contribution in [3.8, 4) is 0 Å². The van der Waals surface area contributed by atoms with Crippen LogP contribution < -0.4 is 5.32 Å². The summed E-state index contributed by atoms with van der Waals surface area (Å²) in [6, 6.07) is 2.99. The van der Waals surface area contributed by atoms with Crippen molar-refractivity contribution in [3.63, 3.8) is 0 Å². The number of halogens is 1. The molecule has 2 rings (SSSR count). The Balaban J connectivity index is 2.03. The van der Waals surface area contributed by atoms with Gasteiger partial charge in [-0.2, -0.15) is 4.79 Å². The van der Waals surface area contributed by atoms with Crippen molar-refractivity contribution in [1.82, 2.24) is 10.3 Å². The molecule has 2 atom stereocenters. The van der Waals surface area contributed by atoms with Gasteiger partial charge in [0, 0.05) is 29.9 Å². The van der Waals surface area contributed by atoms with Gasteiger partial charge in [0.15, 0.2) is 0 Å². The Morgan fingerprint density at radius 2 is 2.11 bits per heavy atom. The van der Waals surface area contributed by atoms with Crippen molar-refractivity contribution < 1.29 is 33.8 Å². The third kappa shape index (κ3) is 5.06. The molecule has 1 aromatic heterocycles. The first-order valence-electron chi connectivity index (χ1n) is 7.99. The van der Waals surface area contributed by atoms with E-state index in [0.29, 0.717) is 17.3 Å². The number of aromatic amines is 1. The summed E-state index contributed by atoms with van der Waals surface area (Å²) in [5, 5.41) is 21.6. The molecule has 2 aromatic rings. The number of carbonyl (C=O) groups excluding carboxylic acids is 2. The molecule has 0 aliphatic rings. The molecule has 1 aromatic carbocycles. The Hall–Kier alpha value is -3.36. The van der Waals surface area contributed by atoms with Gasteiger partial charge in [0.25, 0.3) is 0 Å². The number of carbonyl (C=O) groups is 3. The number of amides is 1. The number of aliphatic hydroxyl groups excluding tert-OH is 1. The molecule has 0 fully saturated rings. The highest BCUT2D eigenvalue weighted by atomic mass is 19.1. The second-order valence-corrected chi connectivity index (χ2v) is 5.85. The van der Waals surface area contributed by atoms with Crippen LogP contribution in [0, 0.1) is 5.82 Å². The largest absolute Gasteiger partial charge is 0.480 e. The van der Waals surface area contributed by atoms with Crippen LogP contribution in [0.1, 0.15) is 18.4 Å². The number of ketones is 1. The molecule has 0 aliphatic heterocycles. The summed E-state index contributed by atoms with van der Waals surface area (Å²) in [7, 11) is 0. The first-order valence-corrected chi connectivity index (χ1v) is 7.99. The summed E-state index contributed by atoms with van der Waals surface area (Å²) >= 11 is 0. The minimum atomic E-state index is -1.61. The number of hydrogen-bond donors (Lipinski definition) is 4. The van der Waals surface area contributed by atoms with Crippen LogP contribution in [-0.4, -0.2) is 56.0 Å². The first-order chi connectivity index (χ1) is 12.8. The molecule has 0 saturated heterocycles. The number of carboxylic acid groups (broad SMARTS) is 1. The lowest BCUT2D eigenvalue weighted by Crippen LogP contribution is -2.46. The normalized spacial score (nSPS) is 12.8. The van der Waals surface area contributed by atoms with E-state index in [4.69, 9.17) is 10.6 Å². The Bertz CT molecular complexity index is 919. The molecule has 142 valence electrons. The highest BCUT2D eigenvalue weighted by Crippen LogP contribution is 2.22. The standard InChI is InChI=1S/C17H17FN4O5/c18-11-2-1-3-12-15(11)9(7-20-12)6-14(24)16(25)22-13(17(26)27)5-4-10(23)8-21-19/h1-3,7-8,13-14,20,24H,4-6H2,(H,22,25)(H,26,27)/t13-,14-/m0/s1. The Labute approximate surface area is 152 Å². The second-order valence-electron chi connectivity index (χ2n) is 5.85. The van der Waals surface area contributed by atoms with E-state index in [-0.39, 0.29) is 24.6 Å². The molecule has 0 radical (unpaired) electrons. The van der Waals surface area contributed by atoms with Crippen molar-refractivity contribution in [2.45, 2.75) is 31.4 Å². The maximum Gasteiger partial charge on any atom is 0.326 e. The quantitative estimate of drug-likeness (QED) is 0.284. The van der Waals surface area contributed by atoms with E-state index in [1.165, 1.54) is 18.3 Å². The molecule has 10 heteroatoms. The SMILES string of the molecule is [N-]=[N+]=CC(=O)CC[C@H](NC(=O)[C@@H](O)Cc1c[nH]c2cccc(F)c12)C(=O)O. The fraction of sp³-hybridized carbons (Fsp3) is 0.294. The number of hydrogen-bond acceptors (Lipinski definition) is 4. The first kappa shape index (κ1) is 20.0. The van der Waals surface area contributed by atoms with E-state index in [1.54, 1.807) is 6.07 Å². The van der Waals surface area contributed by atoms with E-state index in [1.807, 2.05) is 0 Å². The predicted octanol–water partition coefficient (Wildman–Crippen LogP) is 0.430. The van der Waals surface area contributed by atoms with E-state index in [9.17, 15) is 23.9 Å². The van der Waals surface area contributed by atoms with Gasteiger partial charge in [-0.3, -0.25) is 9.59 Å². The summed E-state index contributed by atoms with van der Waals surface area (Å²) in [5.41, 5.74) is 9.12. The average molecular weight is 376 g/mol. The molecule has 0 unspecified atom stereocenters. The number of aromatic nitrogens is 1. The summed E-state index contributed by atoms with van der Waals surface area (Å²) < 4.78 is 13.9. The number of aliphatic carboxylic acids is 1. The van der Waals surface area contributed by atoms with Gasteiger partial charge >= 0.3 is 12.2 Å².